The summed E-state index contributed by atoms with van der Waals surface area (Å²) in [6.45, 7) is 2.26. The number of hydrogen-bond donors (Lipinski definition) is 2. The third-order valence-corrected chi connectivity index (χ3v) is 5.15. The number of piperazine rings is 1. The fraction of sp³-hybridized carbons (Fsp3) is 0.769. The summed E-state index contributed by atoms with van der Waals surface area (Å²) >= 11 is 1.73. The molecule has 0 saturated carbocycles. The largest absolute Gasteiger partial charge is 0.344 e. The lowest BCUT2D eigenvalue weighted by Crippen LogP contribution is -2.57. The van der Waals surface area contributed by atoms with Gasteiger partial charge < -0.3 is 15.1 Å². The van der Waals surface area contributed by atoms with Crippen molar-refractivity contribution in [2.75, 3.05) is 37.8 Å². The first kappa shape index (κ1) is 14.6. The molecule has 0 radical (unpaired) electrons. The van der Waals surface area contributed by atoms with E-state index in [1.54, 1.807) is 16.7 Å². The highest BCUT2D eigenvalue weighted by Gasteiger charge is 2.34. The summed E-state index contributed by atoms with van der Waals surface area (Å²) in [6.07, 6.45) is 1.01. The van der Waals surface area contributed by atoms with Crippen molar-refractivity contribution < 1.29 is 14.4 Å². The number of nitrogens with zero attached hydrogens (tertiary/aromatic N) is 2. The molecule has 3 amide bonds. The summed E-state index contributed by atoms with van der Waals surface area (Å²) in [4.78, 5) is 39.3. The number of thioether (sulfide) groups is 1. The predicted molar refractivity (Wildman–Crippen MR) is 78.6 cm³/mol. The molecule has 0 aromatic rings. The van der Waals surface area contributed by atoms with E-state index in [-0.39, 0.29) is 29.8 Å². The fourth-order valence-corrected chi connectivity index (χ4v) is 3.87. The minimum absolute atomic E-state index is 0.0116. The Kier molecular flexibility index (Phi) is 4.34. The van der Waals surface area contributed by atoms with Gasteiger partial charge in [0.1, 0.15) is 6.04 Å². The summed E-state index contributed by atoms with van der Waals surface area (Å²) < 4.78 is 0. The monoisotopic (exact) mass is 312 g/mol. The van der Waals surface area contributed by atoms with Crippen molar-refractivity contribution in [3.8, 4) is 0 Å². The molecule has 21 heavy (non-hydrogen) atoms. The Morgan fingerprint density at radius 3 is 2.14 bits per heavy atom. The molecular formula is C13H20N4O3S. The molecule has 116 valence electrons. The molecule has 2 unspecified atom stereocenters. The molecule has 8 heteroatoms. The fourth-order valence-electron chi connectivity index (χ4n) is 2.94. The first-order valence-corrected chi connectivity index (χ1v) is 8.48. The summed E-state index contributed by atoms with van der Waals surface area (Å²) in [5.41, 5.74) is 0. The third kappa shape index (κ3) is 3.16. The maximum atomic E-state index is 12.3. The van der Waals surface area contributed by atoms with Gasteiger partial charge in [-0.3, -0.25) is 19.7 Å². The van der Waals surface area contributed by atoms with E-state index in [0.717, 1.165) is 11.6 Å². The molecule has 3 heterocycles. The van der Waals surface area contributed by atoms with Crippen LogP contribution in [0.1, 0.15) is 12.8 Å². The van der Waals surface area contributed by atoms with Crippen LogP contribution >= 0.6 is 11.8 Å². The average molecular weight is 312 g/mol. The molecule has 3 aliphatic rings. The van der Waals surface area contributed by atoms with Crippen molar-refractivity contribution in [1.82, 2.24) is 20.4 Å². The molecule has 0 aromatic carbocycles. The van der Waals surface area contributed by atoms with Crippen LogP contribution in [0.25, 0.3) is 0 Å². The van der Waals surface area contributed by atoms with Crippen LogP contribution in [0.3, 0.4) is 0 Å². The average Bonchev–Trinajstić information content (AvgIpc) is 3.17. The van der Waals surface area contributed by atoms with Crippen LogP contribution in [0, 0.1) is 0 Å². The van der Waals surface area contributed by atoms with Crippen LogP contribution in [-0.4, -0.2) is 77.4 Å². The normalized spacial score (nSPS) is 29.6. The van der Waals surface area contributed by atoms with Gasteiger partial charge in [-0.2, -0.15) is 0 Å². The van der Waals surface area contributed by atoms with E-state index in [1.807, 2.05) is 4.90 Å². The summed E-state index contributed by atoms with van der Waals surface area (Å²) in [7, 11) is 0. The van der Waals surface area contributed by atoms with Gasteiger partial charge in [0, 0.05) is 44.2 Å². The van der Waals surface area contributed by atoms with E-state index in [1.165, 1.54) is 0 Å². The Hall–Kier alpha value is -1.28. The lowest BCUT2D eigenvalue weighted by Gasteiger charge is -2.36. The van der Waals surface area contributed by atoms with Crippen LogP contribution in [-0.2, 0) is 14.4 Å². The van der Waals surface area contributed by atoms with Crippen molar-refractivity contribution in [2.24, 2.45) is 0 Å². The number of nitrogens with one attached hydrogen (secondary N) is 2. The standard InChI is InChI=1S/C13H20N4O3S/c18-11-2-1-9(15-11)12(19)16-3-5-17(6-4-16)13(20)10-7-21-8-14-10/h9-10,14H,1-8H2,(H,15,18). The van der Waals surface area contributed by atoms with Gasteiger partial charge in [-0.25, -0.2) is 0 Å². The number of hydrogen-bond acceptors (Lipinski definition) is 5. The highest BCUT2D eigenvalue weighted by atomic mass is 32.2. The van der Waals surface area contributed by atoms with E-state index in [4.69, 9.17) is 0 Å². The van der Waals surface area contributed by atoms with Crippen LogP contribution in [0.4, 0.5) is 0 Å². The third-order valence-electron chi connectivity index (χ3n) is 4.21. The molecule has 0 bridgehead atoms. The lowest BCUT2D eigenvalue weighted by molar-refractivity contribution is -0.141. The summed E-state index contributed by atoms with van der Waals surface area (Å²) in [6, 6.07) is -0.445. The van der Waals surface area contributed by atoms with Crippen LogP contribution < -0.4 is 10.6 Å². The van der Waals surface area contributed by atoms with Gasteiger partial charge in [-0.05, 0) is 6.42 Å². The molecule has 2 atom stereocenters. The Morgan fingerprint density at radius 2 is 1.67 bits per heavy atom. The van der Waals surface area contributed by atoms with Gasteiger partial charge in [0.25, 0.3) is 0 Å². The van der Waals surface area contributed by atoms with E-state index in [9.17, 15) is 14.4 Å². The van der Waals surface area contributed by atoms with Crippen molar-refractivity contribution >= 4 is 29.5 Å². The summed E-state index contributed by atoms with van der Waals surface area (Å²) in [5, 5.41) is 5.89. The first-order valence-electron chi connectivity index (χ1n) is 7.33. The minimum Gasteiger partial charge on any atom is -0.344 e. The minimum atomic E-state index is -0.368. The van der Waals surface area contributed by atoms with E-state index >= 15 is 0 Å². The summed E-state index contributed by atoms with van der Waals surface area (Å²) in [5.74, 6) is 1.73. The molecule has 3 fully saturated rings. The number of amides is 3. The maximum absolute atomic E-state index is 12.3. The molecule has 3 aliphatic heterocycles. The Morgan fingerprint density at radius 1 is 1.05 bits per heavy atom. The van der Waals surface area contributed by atoms with Crippen LogP contribution in [0.15, 0.2) is 0 Å². The van der Waals surface area contributed by atoms with E-state index < -0.39 is 0 Å². The van der Waals surface area contributed by atoms with Gasteiger partial charge >= 0.3 is 0 Å². The van der Waals surface area contributed by atoms with Crippen molar-refractivity contribution in [3.05, 3.63) is 0 Å². The highest BCUT2D eigenvalue weighted by Crippen LogP contribution is 2.15. The second-order valence-electron chi connectivity index (χ2n) is 5.58. The van der Waals surface area contributed by atoms with Gasteiger partial charge in [0.2, 0.25) is 17.7 Å². The van der Waals surface area contributed by atoms with Gasteiger partial charge in [0.15, 0.2) is 0 Å². The quantitative estimate of drug-likeness (QED) is 0.655. The molecular weight excluding hydrogens is 292 g/mol. The van der Waals surface area contributed by atoms with Crippen molar-refractivity contribution in [2.45, 2.75) is 24.9 Å². The Bertz CT molecular complexity index is 445. The second kappa shape index (κ2) is 6.23. The Labute approximate surface area is 127 Å². The SMILES string of the molecule is O=C1CCC(C(=O)N2CCN(C(=O)C3CSCN3)CC2)N1. The number of rotatable bonds is 2. The van der Waals surface area contributed by atoms with Gasteiger partial charge in [-0.15, -0.1) is 11.8 Å². The molecule has 0 aliphatic carbocycles. The smallest absolute Gasteiger partial charge is 0.245 e. The lowest BCUT2D eigenvalue weighted by atomic mass is 10.1. The number of carbonyl (C=O) groups excluding carboxylic acids is 3. The molecule has 0 spiro atoms. The van der Waals surface area contributed by atoms with Gasteiger partial charge in [-0.1, -0.05) is 0 Å². The zero-order valence-electron chi connectivity index (χ0n) is 11.8. The van der Waals surface area contributed by atoms with Crippen molar-refractivity contribution in [1.29, 1.82) is 0 Å². The van der Waals surface area contributed by atoms with Crippen molar-refractivity contribution in [3.63, 3.8) is 0 Å². The van der Waals surface area contributed by atoms with Gasteiger partial charge in [0.05, 0.1) is 6.04 Å². The predicted octanol–water partition coefficient (Wildman–Crippen LogP) is -1.40. The highest BCUT2D eigenvalue weighted by molar-refractivity contribution is 7.99. The maximum Gasteiger partial charge on any atom is 0.245 e. The van der Waals surface area contributed by atoms with E-state index in [2.05, 4.69) is 10.6 Å². The molecule has 3 saturated heterocycles. The molecule has 3 rings (SSSR count). The molecule has 2 N–H and O–H groups in total. The molecule has 0 aromatic heterocycles. The molecule has 7 nitrogen and oxygen atoms in total. The van der Waals surface area contributed by atoms with Crippen LogP contribution in [0.5, 0.6) is 0 Å². The zero-order chi connectivity index (χ0) is 14.8. The van der Waals surface area contributed by atoms with E-state index in [0.29, 0.717) is 39.0 Å². The topological polar surface area (TPSA) is 81.8 Å². The Balaban J connectivity index is 1.49. The second-order valence-corrected chi connectivity index (χ2v) is 6.61. The number of carbonyl (C=O) groups is 3. The van der Waals surface area contributed by atoms with Crippen LogP contribution in [0.2, 0.25) is 0 Å². The first-order chi connectivity index (χ1) is 10.1. The zero-order valence-corrected chi connectivity index (χ0v) is 12.7.